The lowest BCUT2D eigenvalue weighted by atomic mass is 9.89. The van der Waals surface area contributed by atoms with Crippen molar-refractivity contribution < 1.29 is 9.47 Å². The molecular weight excluding hydrogens is 306 g/mol. The monoisotopic (exact) mass is 327 g/mol. The van der Waals surface area contributed by atoms with E-state index in [-0.39, 0.29) is 0 Å². The van der Waals surface area contributed by atoms with Crippen molar-refractivity contribution in [2.24, 2.45) is 5.92 Å². The first kappa shape index (κ1) is 14.7. The van der Waals surface area contributed by atoms with Gasteiger partial charge in [-0.1, -0.05) is 0 Å². The summed E-state index contributed by atoms with van der Waals surface area (Å²) in [7, 11) is 3.38. The Morgan fingerprint density at radius 3 is 2.42 bits per heavy atom. The van der Waals surface area contributed by atoms with Gasteiger partial charge in [-0.2, -0.15) is 0 Å². The van der Waals surface area contributed by atoms with Crippen LogP contribution in [-0.2, 0) is 6.42 Å². The van der Waals surface area contributed by atoms with Gasteiger partial charge in [0.2, 0.25) is 0 Å². The molecule has 1 N–H and O–H groups in total. The van der Waals surface area contributed by atoms with Crippen molar-refractivity contribution in [2.45, 2.75) is 26.2 Å². The zero-order valence-electron chi connectivity index (χ0n) is 11.9. The van der Waals surface area contributed by atoms with Crippen LogP contribution in [0, 0.1) is 12.8 Å². The van der Waals surface area contributed by atoms with E-state index in [0.717, 1.165) is 41.4 Å². The van der Waals surface area contributed by atoms with E-state index in [0.29, 0.717) is 0 Å². The molecule has 0 spiro atoms. The molecule has 4 heteroatoms. The lowest BCUT2D eigenvalue weighted by Gasteiger charge is -2.24. The minimum atomic E-state index is 0.768. The summed E-state index contributed by atoms with van der Waals surface area (Å²) in [5, 5.41) is 3.41. The van der Waals surface area contributed by atoms with E-state index in [2.05, 4.69) is 34.2 Å². The van der Waals surface area contributed by atoms with Crippen LogP contribution in [0.5, 0.6) is 11.5 Å². The van der Waals surface area contributed by atoms with E-state index in [4.69, 9.17) is 9.47 Å². The summed E-state index contributed by atoms with van der Waals surface area (Å²) in [6.07, 6.45) is 3.63. The summed E-state index contributed by atoms with van der Waals surface area (Å²) in [6.45, 7) is 4.39. The smallest absolute Gasteiger partial charge is 0.175 e. The van der Waals surface area contributed by atoms with E-state index < -0.39 is 0 Å². The number of benzene rings is 1. The van der Waals surface area contributed by atoms with Crippen LogP contribution >= 0.6 is 15.9 Å². The minimum Gasteiger partial charge on any atom is -0.493 e. The maximum atomic E-state index is 5.51. The Bertz CT molecular complexity index is 442. The summed E-state index contributed by atoms with van der Waals surface area (Å²) in [5.74, 6) is 2.40. The van der Waals surface area contributed by atoms with Crippen LogP contribution in [-0.4, -0.2) is 27.3 Å². The van der Waals surface area contributed by atoms with E-state index in [1.165, 1.54) is 24.0 Å². The third-order valence-electron chi connectivity index (χ3n) is 3.92. The molecule has 3 nitrogen and oxygen atoms in total. The minimum absolute atomic E-state index is 0.768. The first-order chi connectivity index (χ1) is 9.17. The van der Waals surface area contributed by atoms with Gasteiger partial charge in [0.1, 0.15) is 0 Å². The standard InChI is InChI=1S/C15H22BrNO2/c1-10-12(8-11-4-6-17-7-5-11)9-13(16)15(19-3)14(10)18-2/h9,11,17H,4-8H2,1-3H3. The molecular formula is C15H22BrNO2. The van der Waals surface area contributed by atoms with Crippen LogP contribution < -0.4 is 14.8 Å². The van der Waals surface area contributed by atoms with Gasteiger partial charge in [-0.25, -0.2) is 0 Å². The van der Waals surface area contributed by atoms with E-state index in [9.17, 15) is 0 Å². The Balaban J connectivity index is 2.27. The van der Waals surface area contributed by atoms with Crippen LogP contribution in [0.1, 0.15) is 24.0 Å². The average molecular weight is 328 g/mol. The molecule has 0 atom stereocenters. The number of methoxy groups -OCH3 is 2. The number of hydrogen-bond acceptors (Lipinski definition) is 3. The maximum absolute atomic E-state index is 5.51. The zero-order valence-corrected chi connectivity index (χ0v) is 13.5. The van der Waals surface area contributed by atoms with Crippen LogP contribution in [0.15, 0.2) is 10.5 Å². The highest BCUT2D eigenvalue weighted by molar-refractivity contribution is 9.10. The normalized spacial score (nSPS) is 16.4. The van der Waals surface area contributed by atoms with Crippen LogP contribution in [0.3, 0.4) is 0 Å². The second-order valence-corrected chi connectivity index (χ2v) is 5.96. The summed E-state index contributed by atoms with van der Waals surface area (Å²) < 4.78 is 11.9. The molecule has 0 aromatic heterocycles. The first-order valence-corrected chi connectivity index (χ1v) is 7.57. The molecule has 1 aliphatic rings. The highest BCUT2D eigenvalue weighted by Crippen LogP contribution is 2.40. The predicted molar refractivity (Wildman–Crippen MR) is 81.3 cm³/mol. The van der Waals surface area contributed by atoms with Crippen LogP contribution in [0.4, 0.5) is 0 Å². The highest BCUT2D eigenvalue weighted by Gasteiger charge is 2.19. The number of rotatable bonds is 4. The molecule has 19 heavy (non-hydrogen) atoms. The summed E-state index contributed by atoms with van der Waals surface area (Å²) in [4.78, 5) is 0. The third kappa shape index (κ3) is 3.23. The molecule has 106 valence electrons. The zero-order chi connectivity index (χ0) is 13.8. The van der Waals surface area contributed by atoms with Gasteiger partial charge < -0.3 is 14.8 Å². The molecule has 0 amide bonds. The van der Waals surface area contributed by atoms with Gasteiger partial charge in [0.15, 0.2) is 11.5 Å². The van der Waals surface area contributed by atoms with Crippen molar-refractivity contribution in [3.8, 4) is 11.5 Å². The highest BCUT2D eigenvalue weighted by atomic mass is 79.9. The molecule has 1 heterocycles. The molecule has 1 aliphatic heterocycles. The fraction of sp³-hybridized carbons (Fsp3) is 0.600. The van der Waals surface area contributed by atoms with Crippen molar-refractivity contribution >= 4 is 15.9 Å². The van der Waals surface area contributed by atoms with Crippen molar-refractivity contribution in [2.75, 3.05) is 27.3 Å². The molecule has 1 aromatic carbocycles. The number of hydrogen-bond donors (Lipinski definition) is 1. The molecule has 1 aromatic rings. The number of nitrogens with one attached hydrogen (secondary N) is 1. The van der Waals surface area contributed by atoms with Gasteiger partial charge in [0.25, 0.3) is 0 Å². The van der Waals surface area contributed by atoms with Crippen LogP contribution in [0.2, 0.25) is 0 Å². The Hall–Kier alpha value is -0.740. The molecule has 0 saturated carbocycles. The predicted octanol–water partition coefficient (Wildman–Crippen LogP) is 3.32. The van der Waals surface area contributed by atoms with Crippen molar-refractivity contribution in [1.82, 2.24) is 5.32 Å². The topological polar surface area (TPSA) is 30.5 Å². The number of ether oxygens (including phenoxy) is 2. The Morgan fingerprint density at radius 2 is 1.84 bits per heavy atom. The first-order valence-electron chi connectivity index (χ1n) is 6.78. The Kier molecular flexibility index (Phi) is 5.11. The molecule has 0 unspecified atom stereocenters. The largest absolute Gasteiger partial charge is 0.493 e. The second-order valence-electron chi connectivity index (χ2n) is 5.11. The summed E-state index contributed by atoms with van der Waals surface area (Å²) >= 11 is 3.58. The number of piperidine rings is 1. The number of halogens is 1. The Morgan fingerprint density at radius 1 is 1.21 bits per heavy atom. The van der Waals surface area contributed by atoms with Gasteiger partial charge in [0, 0.05) is 0 Å². The Labute approximate surface area is 123 Å². The van der Waals surface area contributed by atoms with Crippen LogP contribution in [0.25, 0.3) is 0 Å². The lowest BCUT2D eigenvalue weighted by Crippen LogP contribution is -2.28. The van der Waals surface area contributed by atoms with Gasteiger partial charge in [-0.15, -0.1) is 0 Å². The van der Waals surface area contributed by atoms with Gasteiger partial charge >= 0.3 is 0 Å². The lowest BCUT2D eigenvalue weighted by molar-refractivity contribution is 0.347. The molecule has 1 saturated heterocycles. The molecule has 0 aliphatic carbocycles. The maximum Gasteiger partial charge on any atom is 0.175 e. The molecule has 0 radical (unpaired) electrons. The molecule has 0 bridgehead atoms. The van der Waals surface area contributed by atoms with Gasteiger partial charge in [-0.3, -0.25) is 0 Å². The third-order valence-corrected chi connectivity index (χ3v) is 4.51. The van der Waals surface area contributed by atoms with Gasteiger partial charge in [-0.05, 0) is 78.3 Å². The molecule has 1 fully saturated rings. The van der Waals surface area contributed by atoms with Crippen molar-refractivity contribution in [3.05, 3.63) is 21.7 Å². The van der Waals surface area contributed by atoms with E-state index in [1.54, 1.807) is 14.2 Å². The van der Waals surface area contributed by atoms with Crippen molar-refractivity contribution in [1.29, 1.82) is 0 Å². The fourth-order valence-electron chi connectivity index (χ4n) is 2.80. The quantitative estimate of drug-likeness (QED) is 0.920. The fourth-order valence-corrected chi connectivity index (χ4v) is 3.41. The SMILES string of the molecule is COc1c(Br)cc(CC2CCNCC2)c(C)c1OC. The average Bonchev–Trinajstić information content (AvgIpc) is 2.43. The second kappa shape index (κ2) is 6.62. The summed E-state index contributed by atoms with van der Waals surface area (Å²) in [5.41, 5.74) is 2.55. The van der Waals surface area contributed by atoms with Gasteiger partial charge in [0.05, 0.1) is 18.7 Å². The van der Waals surface area contributed by atoms with Crippen molar-refractivity contribution in [3.63, 3.8) is 0 Å². The van der Waals surface area contributed by atoms with E-state index in [1.807, 2.05) is 0 Å². The van der Waals surface area contributed by atoms with E-state index >= 15 is 0 Å². The molecule has 2 rings (SSSR count). The summed E-state index contributed by atoms with van der Waals surface area (Å²) in [6, 6.07) is 2.18.